The first kappa shape index (κ1) is 14.7. The summed E-state index contributed by atoms with van der Waals surface area (Å²) in [5.74, 6) is 0.178. The molecule has 2 aliphatic heterocycles. The number of amides is 1. The number of thiazole rings is 1. The zero-order valence-electron chi connectivity index (χ0n) is 13.2. The molecule has 120 valence electrons. The van der Waals surface area contributed by atoms with Crippen LogP contribution in [0.1, 0.15) is 6.42 Å². The van der Waals surface area contributed by atoms with E-state index in [1.807, 2.05) is 46.8 Å². The molecule has 1 amide bonds. The van der Waals surface area contributed by atoms with Crippen molar-refractivity contribution in [3.05, 3.63) is 41.9 Å². The van der Waals surface area contributed by atoms with Crippen LogP contribution in [0.5, 0.6) is 0 Å². The van der Waals surface area contributed by atoms with Crippen LogP contribution < -0.4 is 9.80 Å². The number of hydrogen-bond donors (Lipinski definition) is 0. The van der Waals surface area contributed by atoms with Crippen LogP contribution in [-0.2, 0) is 4.79 Å². The second kappa shape index (κ2) is 5.62. The second-order valence-electron chi connectivity index (χ2n) is 6.38. The molecule has 23 heavy (non-hydrogen) atoms. The van der Waals surface area contributed by atoms with Gasteiger partial charge < -0.3 is 9.80 Å². The Morgan fingerprint density at radius 1 is 1.22 bits per heavy atom. The number of carbonyl (C=O) groups excluding carboxylic acids is 1. The van der Waals surface area contributed by atoms with Crippen LogP contribution in [0, 0.1) is 0 Å². The van der Waals surface area contributed by atoms with Gasteiger partial charge in [0.05, 0.1) is 12.1 Å². The zero-order valence-corrected chi connectivity index (χ0v) is 14.0. The fourth-order valence-corrected chi connectivity index (χ4v) is 4.30. The maximum absolute atomic E-state index is 12.5. The van der Waals surface area contributed by atoms with Gasteiger partial charge in [0.15, 0.2) is 5.13 Å². The van der Waals surface area contributed by atoms with E-state index in [4.69, 9.17) is 0 Å². The highest BCUT2D eigenvalue weighted by Crippen LogP contribution is 2.35. The Labute approximate surface area is 140 Å². The highest BCUT2D eigenvalue weighted by atomic mass is 32.1. The van der Waals surface area contributed by atoms with Gasteiger partial charge in [-0.25, -0.2) is 4.98 Å². The molecule has 2 aliphatic rings. The maximum Gasteiger partial charge on any atom is 0.241 e. The van der Waals surface area contributed by atoms with E-state index < -0.39 is 0 Å². The Kier molecular flexibility index (Phi) is 3.58. The lowest BCUT2D eigenvalue weighted by molar-refractivity contribution is -0.123. The van der Waals surface area contributed by atoms with Crippen LogP contribution >= 0.6 is 11.3 Å². The predicted octanol–water partition coefficient (Wildman–Crippen LogP) is 2.07. The average Bonchev–Trinajstić information content (AvgIpc) is 3.22. The van der Waals surface area contributed by atoms with Crippen molar-refractivity contribution in [1.29, 1.82) is 0 Å². The number of carbonyl (C=O) groups is 1. The molecule has 0 bridgehead atoms. The summed E-state index contributed by atoms with van der Waals surface area (Å²) in [4.78, 5) is 23.5. The summed E-state index contributed by atoms with van der Waals surface area (Å²) in [5, 5.41) is 3.10. The van der Waals surface area contributed by atoms with E-state index in [0.717, 1.165) is 36.9 Å². The first-order valence-electron chi connectivity index (χ1n) is 7.89. The molecule has 1 aromatic carbocycles. The lowest BCUT2D eigenvalue weighted by Gasteiger charge is -2.46. The molecule has 5 nitrogen and oxygen atoms in total. The number of hydrogen-bond acceptors (Lipinski definition) is 5. The monoisotopic (exact) mass is 328 g/mol. The first-order valence-corrected chi connectivity index (χ1v) is 8.77. The summed E-state index contributed by atoms with van der Waals surface area (Å²) in [5.41, 5.74) is 1.01. The van der Waals surface area contributed by atoms with E-state index in [0.29, 0.717) is 6.54 Å². The van der Waals surface area contributed by atoms with E-state index in [-0.39, 0.29) is 11.4 Å². The molecule has 0 radical (unpaired) electrons. The molecule has 1 unspecified atom stereocenters. The second-order valence-corrected chi connectivity index (χ2v) is 7.26. The Morgan fingerprint density at radius 3 is 2.78 bits per heavy atom. The number of anilines is 2. The lowest BCUT2D eigenvalue weighted by atomic mass is 9.92. The molecular formula is C17H20N4OS. The fraction of sp³-hybridized carbons (Fsp3) is 0.412. The Morgan fingerprint density at radius 2 is 2.04 bits per heavy atom. The molecule has 1 spiro atoms. The molecule has 0 saturated carbocycles. The number of para-hydroxylation sites is 1. The summed E-state index contributed by atoms with van der Waals surface area (Å²) in [6.45, 7) is 3.14. The molecular weight excluding hydrogens is 308 g/mol. The van der Waals surface area contributed by atoms with Gasteiger partial charge in [-0.2, -0.15) is 0 Å². The summed E-state index contributed by atoms with van der Waals surface area (Å²) in [6.07, 6.45) is 2.91. The van der Waals surface area contributed by atoms with Crippen molar-refractivity contribution < 1.29 is 4.79 Å². The van der Waals surface area contributed by atoms with Gasteiger partial charge in [-0.3, -0.25) is 9.69 Å². The standard InChI is InChI=1S/C17H20N4OS/c1-19-11-15(22)21(14-5-3-2-4-6-14)13-17(19)7-9-20(12-17)16-18-8-10-23-16/h2-6,8,10H,7,9,11-13H2,1H3. The average molecular weight is 328 g/mol. The van der Waals surface area contributed by atoms with E-state index in [1.165, 1.54) is 0 Å². The van der Waals surface area contributed by atoms with Crippen molar-refractivity contribution in [2.45, 2.75) is 12.0 Å². The SMILES string of the molecule is CN1CC(=O)N(c2ccccc2)CC12CCN(c1nccs1)C2. The number of nitrogens with zero attached hydrogens (tertiary/aromatic N) is 4. The molecule has 3 heterocycles. The fourth-order valence-electron chi connectivity index (χ4n) is 3.63. The van der Waals surface area contributed by atoms with E-state index in [2.05, 4.69) is 21.8 Å². The third kappa shape index (κ3) is 2.52. The molecule has 2 aromatic rings. The minimum absolute atomic E-state index is 0.00935. The van der Waals surface area contributed by atoms with Crippen molar-refractivity contribution in [1.82, 2.24) is 9.88 Å². The van der Waals surface area contributed by atoms with Crippen LogP contribution in [-0.4, -0.2) is 54.6 Å². The molecule has 2 saturated heterocycles. The van der Waals surface area contributed by atoms with Crippen molar-refractivity contribution in [3.8, 4) is 0 Å². The van der Waals surface area contributed by atoms with Crippen molar-refractivity contribution >= 4 is 28.1 Å². The topological polar surface area (TPSA) is 39.7 Å². The molecule has 0 aliphatic carbocycles. The predicted molar refractivity (Wildman–Crippen MR) is 93.1 cm³/mol. The van der Waals surface area contributed by atoms with Crippen LogP contribution in [0.25, 0.3) is 0 Å². The third-order valence-electron chi connectivity index (χ3n) is 5.03. The van der Waals surface area contributed by atoms with Gasteiger partial charge in [-0.05, 0) is 25.6 Å². The Balaban J connectivity index is 1.60. The van der Waals surface area contributed by atoms with Gasteiger partial charge >= 0.3 is 0 Å². The Hall–Kier alpha value is -1.92. The summed E-state index contributed by atoms with van der Waals surface area (Å²) in [6, 6.07) is 10.0. The van der Waals surface area contributed by atoms with Crippen molar-refractivity contribution in [2.24, 2.45) is 0 Å². The molecule has 4 rings (SSSR count). The van der Waals surface area contributed by atoms with Gasteiger partial charge in [0, 0.05) is 36.9 Å². The van der Waals surface area contributed by atoms with E-state index in [1.54, 1.807) is 11.3 Å². The smallest absolute Gasteiger partial charge is 0.241 e. The molecule has 1 aromatic heterocycles. The third-order valence-corrected chi connectivity index (χ3v) is 5.86. The number of aromatic nitrogens is 1. The molecule has 1 atom stereocenters. The van der Waals surface area contributed by atoms with E-state index >= 15 is 0 Å². The molecule has 2 fully saturated rings. The largest absolute Gasteiger partial charge is 0.346 e. The van der Waals surface area contributed by atoms with Gasteiger partial charge in [-0.1, -0.05) is 18.2 Å². The first-order chi connectivity index (χ1) is 11.2. The molecule has 6 heteroatoms. The normalized spacial score (nSPS) is 25.5. The van der Waals surface area contributed by atoms with E-state index in [9.17, 15) is 4.79 Å². The van der Waals surface area contributed by atoms with Gasteiger partial charge in [-0.15, -0.1) is 11.3 Å². The Bertz CT molecular complexity index is 690. The van der Waals surface area contributed by atoms with Crippen LogP contribution in [0.2, 0.25) is 0 Å². The summed E-state index contributed by atoms with van der Waals surface area (Å²) in [7, 11) is 2.07. The minimum Gasteiger partial charge on any atom is -0.346 e. The zero-order chi connectivity index (χ0) is 15.9. The summed E-state index contributed by atoms with van der Waals surface area (Å²) < 4.78 is 0. The highest BCUT2D eigenvalue weighted by Gasteiger charge is 2.48. The van der Waals surface area contributed by atoms with Crippen LogP contribution in [0.15, 0.2) is 41.9 Å². The van der Waals surface area contributed by atoms with Crippen LogP contribution in [0.4, 0.5) is 10.8 Å². The quantitative estimate of drug-likeness (QED) is 0.846. The number of piperazine rings is 1. The van der Waals surface area contributed by atoms with Gasteiger partial charge in [0.25, 0.3) is 0 Å². The number of benzene rings is 1. The summed E-state index contributed by atoms with van der Waals surface area (Å²) >= 11 is 1.68. The van der Waals surface area contributed by atoms with Crippen molar-refractivity contribution in [2.75, 3.05) is 43.0 Å². The van der Waals surface area contributed by atoms with Gasteiger partial charge in [0.2, 0.25) is 5.91 Å². The highest BCUT2D eigenvalue weighted by molar-refractivity contribution is 7.13. The van der Waals surface area contributed by atoms with Gasteiger partial charge in [0.1, 0.15) is 0 Å². The molecule has 0 N–H and O–H groups in total. The van der Waals surface area contributed by atoms with Crippen LogP contribution in [0.3, 0.4) is 0 Å². The maximum atomic E-state index is 12.5. The van der Waals surface area contributed by atoms with Crippen molar-refractivity contribution in [3.63, 3.8) is 0 Å². The lowest BCUT2D eigenvalue weighted by Crippen LogP contribution is -2.64. The minimum atomic E-state index is 0.00935. The number of rotatable bonds is 2. The number of likely N-dealkylation sites (N-methyl/N-ethyl adjacent to an activating group) is 1.